The fourth-order valence-corrected chi connectivity index (χ4v) is 3.87. The molecule has 8 heteroatoms. The van der Waals surface area contributed by atoms with Crippen LogP contribution in [0, 0.1) is 0 Å². The van der Waals surface area contributed by atoms with Gasteiger partial charge in [0.1, 0.15) is 18.4 Å². The molecule has 1 atom stereocenters. The normalized spacial score (nSPS) is 16.2. The number of amides is 2. The standard InChI is InChI=1S/C21H18BrNO5S/c1-13(20(25)27-2)23-19(24)18(29-21(23)26)11-15-5-3-4-6-17(15)28-12-14-7-9-16(22)10-8-14/h3-11,13H,12H2,1-2H3/b18-11+/t13-/m1/s1. The van der Waals surface area contributed by atoms with Gasteiger partial charge in [-0.05, 0) is 48.5 Å². The number of hydrogen-bond acceptors (Lipinski definition) is 6. The second kappa shape index (κ2) is 9.28. The van der Waals surface area contributed by atoms with E-state index in [1.165, 1.54) is 14.0 Å². The lowest BCUT2D eigenvalue weighted by Gasteiger charge is -2.18. The van der Waals surface area contributed by atoms with Gasteiger partial charge in [-0.15, -0.1) is 0 Å². The number of carbonyl (C=O) groups is 3. The maximum Gasteiger partial charge on any atom is 0.328 e. The van der Waals surface area contributed by atoms with Crippen molar-refractivity contribution in [2.75, 3.05) is 7.11 Å². The first-order valence-electron chi connectivity index (χ1n) is 8.72. The second-order valence-corrected chi connectivity index (χ2v) is 8.11. The summed E-state index contributed by atoms with van der Waals surface area (Å²) in [5.74, 6) is -0.587. The number of benzene rings is 2. The van der Waals surface area contributed by atoms with E-state index in [-0.39, 0.29) is 4.91 Å². The van der Waals surface area contributed by atoms with Crippen LogP contribution >= 0.6 is 27.7 Å². The van der Waals surface area contributed by atoms with Gasteiger partial charge < -0.3 is 9.47 Å². The zero-order valence-corrected chi connectivity index (χ0v) is 18.2. The summed E-state index contributed by atoms with van der Waals surface area (Å²) in [7, 11) is 1.22. The number of ether oxygens (including phenoxy) is 2. The van der Waals surface area contributed by atoms with Crippen molar-refractivity contribution >= 4 is 50.9 Å². The Morgan fingerprint density at radius 1 is 1.17 bits per heavy atom. The number of carbonyl (C=O) groups excluding carboxylic acids is 3. The Morgan fingerprint density at radius 2 is 1.86 bits per heavy atom. The topological polar surface area (TPSA) is 72.9 Å². The van der Waals surface area contributed by atoms with Crippen LogP contribution in [0.15, 0.2) is 57.9 Å². The smallest absolute Gasteiger partial charge is 0.328 e. The molecule has 2 aromatic carbocycles. The van der Waals surface area contributed by atoms with Gasteiger partial charge in [-0.3, -0.25) is 14.5 Å². The average molecular weight is 476 g/mol. The minimum atomic E-state index is -0.984. The molecule has 1 heterocycles. The number of nitrogens with zero attached hydrogens (tertiary/aromatic N) is 1. The number of methoxy groups -OCH3 is 1. The number of hydrogen-bond donors (Lipinski definition) is 0. The molecule has 1 aliphatic rings. The van der Waals surface area contributed by atoms with Gasteiger partial charge in [-0.2, -0.15) is 0 Å². The summed E-state index contributed by atoms with van der Waals surface area (Å²) < 4.78 is 11.5. The lowest BCUT2D eigenvalue weighted by molar-refractivity contribution is -0.148. The molecule has 29 heavy (non-hydrogen) atoms. The first-order valence-corrected chi connectivity index (χ1v) is 10.3. The van der Waals surface area contributed by atoms with E-state index < -0.39 is 23.2 Å². The van der Waals surface area contributed by atoms with E-state index in [0.717, 1.165) is 26.7 Å². The van der Waals surface area contributed by atoms with Crippen LogP contribution < -0.4 is 4.74 Å². The van der Waals surface area contributed by atoms with Crippen molar-refractivity contribution < 1.29 is 23.9 Å². The van der Waals surface area contributed by atoms with Crippen molar-refractivity contribution in [2.45, 2.75) is 19.6 Å². The Balaban J connectivity index is 1.80. The first kappa shape index (κ1) is 21.1. The Hall–Kier alpha value is -2.58. The van der Waals surface area contributed by atoms with Crippen LogP contribution in [-0.2, 0) is 20.9 Å². The van der Waals surface area contributed by atoms with Gasteiger partial charge in [0.05, 0.1) is 12.0 Å². The molecule has 1 fully saturated rings. The molecule has 1 saturated heterocycles. The molecule has 0 spiro atoms. The van der Waals surface area contributed by atoms with Crippen molar-refractivity contribution in [1.82, 2.24) is 4.90 Å². The molecule has 6 nitrogen and oxygen atoms in total. The highest BCUT2D eigenvalue weighted by Crippen LogP contribution is 2.35. The minimum Gasteiger partial charge on any atom is -0.488 e. The van der Waals surface area contributed by atoms with Gasteiger partial charge >= 0.3 is 5.97 Å². The van der Waals surface area contributed by atoms with E-state index in [2.05, 4.69) is 20.7 Å². The van der Waals surface area contributed by atoms with E-state index in [0.29, 0.717) is 17.9 Å². The summed E-state index contributed by atoms with van der Waals surface area (Å²) in [5, 5.41) is -0.507. The third kappa shape index (κ3) is 4.89. The molecule has 150 valence electrons. The maximum absolute atomic E-state index is 12.7. The summed E-state index contributed by atoms with van der Waals surface area (Å²) in [6, 6.07) is 14.0. The van der Waals surface area contributed by atoms with Gasteiger partial charge in [0, 0.05) is 10.0 Å². The summed E-state index contributed by atoms with van der Waals surface area (Å²) in [4.78, 5) is 37.8. The second-order valence-electron chi connectivity index (χ2n) is 6.20. The van der Waals surface area contributed by atoms with Crippen molar-refractivity contribution in [3.8, 4) is 5.75 Å². The van der Waals surface area contributed by atoms with Crippen molar-refractivity contribution in [3.63, 3.8) is 0 Å². The lowest BCUT2D eigenvalue weighted by Crippen LogP contribution is -2.42. The highest BCUT2D eigenvalue weighted by atomic mass is 79.9. The van der Waals surface area contributed by atoms with Gasteiger partial charge in [0.15, 0.2) is 0 Å². The quantitative estimate of drug-likeness (QED) is 0.448. The predicted octanol–water partition coefficient (Wildman–Crippen LogP) is 4.63. The number of para-hydroxylation sites is 1. The van der Waals surface area contributed by atoms with Gasteiger partial charge in [0.2, 0.25) is 0 Å². The molecular formula is C21H18BrNO5S. The third-order valence-electron chi connectivity index (χ3n) is 4.27. The number of imide groups is 1. The fraction of sp³-hybridized carbons (Fsp3) is 0.190. The van der Waals surface area contributed by atoms with E-state index in [1.807, 2.05) is 36.4 Å². The van der Waals surface area contributed by atoms with Crippen molar-refractivity contribution in [1.29, 1.82) is 0 Å². The molecule has 0 bridgehead atoms. The van der Waals surface area contributed by atoms with Crippen molar-refractivity contribution in [2.24, 2.45) is 0 Å². The molecule has 0 saturated carbocycles. The molecule has 0 unspecified atom stereocenters. The van der Waals surface area contributed by atoms with E-state index in [4.69, 9.17) is 4.74 Å². The highest BCUT2D eigenvalue weighted by molar-refractivity contribution is 9.10. The van der Waals surface area contributed by atoms with E-state index in [9.17, 15) is 14.4 Å². The molecule has 2 amide bonds. The fourth-order valence-electron chi connectivity index (χ4n) is 2.70. The van der Waals surface area contributed by atoms with Crippen molar-refractivity contribution in [3.05, 3.63) is 69.0 Å². The molecule has 0 aliphatic carbocycles. The van der Waals surface area contributed by atoms with Crippen LogP contribution in [0.3, 0.4) is 0 Å². The van der Waals surface area contributed by atoms with Crippen LogP contribution in [0.1, 0.15) is 18.1 Å². The molecule has 1 aliphatic heterocycles. The summed E-state index contributed by atoms with van der Waals surface area (Å²) in [6.07, 6.45) is 1.60. The number of thioether (sulfide) groups is 1. The molecule has 0 radical (unpaired) electrons. The van der Waals surface area contributed by atoms with Crippen LogP contribution in [0.4, 0.5) is 4.79 Å². The Labute approximate surface area is 181 Å². The zero-order valence-electron chi connectivity index (χ0n) is 15.8. The number of halogens is 1. The molecule has 3 rings (SSSR count). The average Bonchev–Trinajstić information content (AvgIpc) is 3.00. The van der Waals surface area contributed by atoms with Crippen LogP contribution in [0.2, 0.25) is 0 Å². The van der Waals surface area contributed by atoms with E-state index in [1.54, 1.807) is 18.2 Å². The molecule has 0 N–H and O–H groups in total. The van der Waals surface area contributed by atoms with Gasteiger partial charge in [0.25, 0.3) is 11.1 Å². The maximum atomic E-state index is 12.7. The Morgan fingerprint density at radius 3 is 2.55 bits per heavy atom. The summed E-state index contributed by atoms with van der Waals surface area (Å²) in [6.45, 7) is 1.82. The Kier molecular flexibility index (Phi) is 6.76. The summed E-state index contributed by atoms with van der Waals surface area (Å²) >= 11 is 4.19. The number of esters is 1. The molecule has 0 aromatic heterocycles. The van der Waals surface area contributed by atoms with Gasteiger partial charge in [-0.1, -0.05) is 46.3 Å². The molecular weight excluding hydrogens is 458 g/mol. The number of rotatable bonds is 6. The highest BCUT2D eigenvalue weighted by Gasteiger charge is 2.41. The molecule has 2 aromatic rings. The minimum absolute atomic E-state index is 0.227. The SMILES string of the molecule is COC(=O)[C@@H](C)N1C(=O)S/C(=C/c2ccccc2OCc2ccc(Br)cc2)C1=O. The van der Waals surface area contributed by atoms with Crippen LogP contribution in [-0.4, -0.2) is 35.2 Å². The summed E-state index contributed by atoms with van der Waals surface area (Å²) in [5.41, 5.74) is 1.66. The Bertz CT molecular complexity index is 973. The van der Waals surface area contributed by atoms with Crippen LogP contribution in [0.5, 0.6) is 5.75 Å². The third-order valence-corrected chi connectivity index (χ3v) is 5.68. The lowest BCUT2D eigenvalue weighted by atomic mass is 10.1. The van der Waals surface area contributed by atoms with Crippen LogP contribution in [0.25, 0.3) is 6.08 Å². The van der Waals surface area contributed by atoms with E-state index >= 15 is 0 Å². The first-order chi connectivity index (χ1) is 13.9. The zero-order chi connectivity index (χ0) is 21.0. The van der Waals surface area contributed by atoms with Gasteiger partial charge in [-0.25, -0.2) is 4.79 Å². The largest absolute Gasteiger partial charge is 0.488 e. The predicted molar refractivity (Wildman–Crippen MR) is 114 cm³/mol. The monoisotopic (exact) mass is 475 g/mol.